The Morgan fingerprint density at radius 3 is 2.62 bits per heavy atom. The van der Waals surface area contributed by atoms with Crippen LogP contribution < -0.4 is 4.74 Å². The Morgan fingerprint density at radius 1 is 1.38 bits per heavy atom. The second-order valence-electron chi connectivity index (χ2n) is 5.74. The molecule has 2 fully saturated rings. The fourth-order valence-corrected chi connectivity index (χ4v) is 4.86. The van der Waals surface area contributed by atoms with Gasteiger partial charge in [-0.05, 0) is 35.2 Å². The van der Waals surface area contributed by atoms with E-state index in [1.54, 1.807) is 0 Å². The number of alkyl halides is 1. The molecule has 0 saturated heterocycles. The quantitative estimate of drug-likeness (QED) is 0.392. The van der Waals surface area contributed by atoms with Crippen molar-refractivity contribution in [2.24, 2.45) is 5.41 Å². The van der Waals surface area contributed by atoms with Crippen molar-refractivity contribution in [2.45, 2.75) is 43.0 Å². The van der Waals surface area contributed by atoms with Crippen LogP contribution in [0.2, 0.25) is 0 Å². The van der Waals surface area contributed by atoms with Gasteiger partial charge >= 0.3 is 5.69 Å². The minimum absolute atomic E-state index is 0.0244. The highest BCUT2D eigenvalue weighted by atomic mass is 79.9. The molecule has 0 bridgehead atoms. The molecule has 2 aliphatic rings. The van der Waals surface area contributed by atoms with Gasteiger partial charge in [-0.3, -0.25) is 10.1 Å². The lowest BCUT2D eigenvalue weighted by Crippen LogP contribution is -2.55. The molecule has 3 rings (SSSR count). The lowest BCUT2D eigenvalue weighted by molar-refractivity contribution is -0.386. The van der Waals surface area contributed by atoms with Crippen molar-refractivity contribution in [3.63, 3.8) is 0 Å². The summed E-state index contributed by atoms with van der Waals surface area (Å²) in [6.07, 6.45) is 5.14. The summed E-state index contributed by atoms with van der Waals surface area (Å²) >= 11 is 6.65. The zero-order valence-electron chi connectivity index (χ0n) is 11.2. The molecule has 4 nitrogen and oxygen atoms in total. The number of nitro benzene ring substituents is 1. The number of hydrogen-bond donors (Lipinski definition) is 0. The summed E-state index contributed by atoms with van der Waals surface area (Å²) < 4.78 is 19.6. The molecule has 0 amide bonds. The Balaban J connectivity index is 1.88. The molecular weight excluding hydrogens is 409 g/mol. The van der Waals surface area contributed by atoms with Gasteiger partial charge in [0.25, 0.3) is 0 Å². The summed E-state index contributed by atoms with van der Waals surface area (Å²) in [5.41, 5.74) is -0.147. The third kappa shape index (κ3) is 2.48. The van der Waals surface area contributed by atoms with Gasteiger partial charge in [0, 0.05) is 22.4 Å². The number of nitro groups is 1. The van der Waals surface area contributed by atoms with Crippen molar-refractivity contribution in [3.8, 4) is 5.75 Å². The van der Waals surface area contributed by atoms with E-state index in [0.717, 1.165) is 44.2 Å². The minimum atomic E-state index is -0.550. The van der Waals surface area contributed by atoms with E-state index in [0.29, 0.717) is 4.83 Å². The van der Waals surface area contributed by atoms with Crippen LogP contribution in [0.15, 0.2) is 16.6 Å². The molecule has 2 saturated carbocycles. The first kappa shape index (κ1) is 15.2. The van der Waals surface area contributed by atoms with Crippen molar-refractivity contribution in [2.75, 3.05) is 0 Å². The molecule has 114 valence electrons. The van der Waals surface area contributed by atoms with Crippen molar-refractivity contribution < 1.29 is 14.1 Å². The van der Waals surface area contributed by atoms with Crippen molar-refractivity contribution >= 4 is 37.5 Å². The first-order valence-corrected chi connectivity index (χ1v) is 8.59. The number of halogens is 3. The van der Waals surface area contributed by atoms with Crippen LogP contribution in [0, 0.1) is 21.3 Å². The number of ether oxygens (including phenoxy) is 1. The lowest BCUT2D eigenvalue weighted by Gasteiger charge is -2.51. The summed E-state index contributed by atoms with van der Waals surface area (Å²) in [5.74, 6) is -0.526. The zero-order chi connectivity index (χ0) is 15.2. The molecule has 1 aromatic rings. The lowest BCUT2D eigenvalue weighted by atomic mass is 9.64. The van der Waals surface area contributed by atoms with Gasteiger partial charge in [0.05, 0.1) is 9.40 Å². The number of hydrogen-bond acceptors (Lipinski definition) is 3. The molecule has 0 heterocycles. The molecule has 2 unspecified atom stereocenters. The second-order valence-corrected chi connectivity index (χ2v) is 7.70. The summed E-state index contributed by atoms with van der Waals surface area (Å²) in [7, 11) is 0. The topological polar surface area (TPSA) is 52.4 Å². The van der Waals surface area contributed by atoms with Gasteiger partial charge in [-0.2, -0.15) is 0 Å². The molecule has 0 aliphatic heterocycles. The van der Waals surface area contributed by atoms with Gasteiger partial charge < -0.3 is 4.74 Å². The SMILES string of the molecule is O=[N+]([O-])c1cc(Br)c(F)cc1OC1CC(Br)C12CCCC2. The average molecular weight is 423 g/mol. The molecule has 0 N–H and O–H groups in total. The Hall–Kier alpha value is -0.690. The largest absolute Gasteiger partial charge is 0.483 e. The highest BCUT2D eigenvalue weighted by molar-refractivity contribution is 9.10. The van der Waals surface area contributed by atoms with Crippen LogP contribution in [0.3, 0.4) is 0 Å². The van der Waals surface area contributed by atoms with Crippen LogP contribution in [0.5, 0.6) is 5.75 Å². The molecule has 7 heteroatoms. The smallest absolute Gasteiger partial charge is 0.312 e. The molecule has 0 radical (unpaired) electrons. The van der Waals surface area contributed by atoms with Crippen LogP contribution in [0.25, 0.3) is 0 Å². The first-order chi connectivity index (χ1) is 9.94. The number of rotatable bonds is 3. The third-order valence-corrected chi connectivity index (χ3v) is 6.58. The van der Waals surface area contributed by atoms with E-state index in [1.165, 1.54) is 0 Å². The van der Waals surface area contributed by atoms with E-state index < -0.39 is 10.7 Å². The standard InChI is InChI=1S/C14H14Br2FNO3/c15-8-5-10(18(19)20)11(6-9(8)17)21-13-7-12(16)14(13)3-1-2-4-14/h5-6,12-13H,1-4,7H2. The molecular formula is C14H14Br2FNO3. The fourth-order valence-electron chi connectivity index (χ4n) is 3.44. The maximum atomic E-state index is 13.7. The Labute approximate surface area is 138 Å². The van der Waals surface area contributed by atoms with Gasteiger partial charge in [0.1, 0.15) is 11.9 Å². The van der Waals surface area contributed by atoms with E-state index >= 15 is 0 Å². The van der Waals surface area contributed by atoms with Crippen molar-refractivity contribution in [1.82, 2.24) is 0 Å². The normalized spacial score (nSPS) is 26.6. The summed E-state index contributed by atoms with van der Waals surface area (Å²) in [5, 5.41) is 11.1. The van der Waals surface area contributed by atoms with E-state index in [4.69, 9.17) is 4.74 Å². The fraction of sp³-hybridized carbons (Fsp3) is 0.571. The molecule has 2 aliphatic carbocycles. The van der Waals surface area contributed by atoms with Gasteiger partial charge in [0.15, 0.2) is 5.75 Å². The second kappa shape index (κ2) is 5.50. The van der Waals surface area contributed by atoms with Gasteiger partial charge in [-0.25, -0.2) is 4.39 Å². The average Bonchev–Trinajstić information content (AvgIpc) is 2.94. The van der Waals surface area contributed by atoms with Gasteiger partial charge in [-0.1, -0.05) is 28.8 Å². The van der Waals surface area contributed by atoms with Crippen LogP contribution in [0.4, 0.5) is 10.1 Å². The predicted molar refractivity (Wildman–Crippen MR) is 83.4 cm³/mol. The minimum Gasteiger partial charge on any atom is -0.483 e. The van der Waals surface area contributed by atoms with Crippen molar-refractivity contribution in [3.05, 3.63) is 32.5 Å². The van der Waals surface area contributed by atoms with E-state index in [9.17, 15) is 14.5 Å². The van der Waals surface area contributed by atoms with Gasteiger partial charge in [0.2, 0.25) is 0 Å². The van der Waals surface area contributed by atoms with Crippen molar-refractivity contribution in [1.29, 1.82) is 0 Å². The molecule has 1 spiro atoms. The van der Waals surface area contributed by atoms with Crippen LogP contribution in [-0.4, -0.2) is 15.9 Å². The van der Waals surface area contributed by atoms with Crippen LogP contribution >= 0.6 is 31.9 Å². The third-order valence-electron chi connectivity index (χ3n) is 4.69. The first-order valence-electron chi connectivity index (χ1n) is 6.88. The predicted octanol–water partition coefficient (Wildman–Crippen LogP) is 4.97. The number of nitrogens with zero attached hydrogens (tertiary/aromatic N) is 1. The van der Waals surface area contributed by atoms with E-state index in [2.05, 4.69) is 31.9 Å². The van der Waals surface area contributed by atoms with E-state index in [-0.39, 0.29) is 27.4 Å². The summed E-state index contributed by atoms with van der Waals surface area (Å²) in [4.78, 5) is 11.0. The summed E-state index contributed by atoms with van der Waals surface area (Å²) in [6, 6.07) is 2.27. The molecule has 0 aromatic heterocycles. The van der Waals surface area contributed by atoms with Gasteiger partial charge in [-0.15, -0.1) is 0 Å². The maximum absolute atomic E-state index is 13.7. The highest BCUT2D eigenvalue weighted by Crippen LogP contribution is 2.58. The van der Waals surface area contributed by atoms with Crippen LogP contribution in [-0.2, 0) is 0 Å². The molecule has 1 aromatic carbocycles. The number of benzene rings is 1. The van der Waals surface area contributed by atoms with E-state index in [1.807, 2.05) is 0 Å². The monoisotopic (exact) mass is 421 g/mol. The zero-order valence-corrected chi connectivity index (χ0v) is 14.3. The Morgan fingerprint density at radius 2 is 2.05 bits per heavy atom. The highest BCUT2D eigenvalue weighted by Gasteiger charge is 2.56. The Bertz CT molecular complexity index is 590. The maximum Gasteiger partial charge on any atom is 0.312 e. The summed E-state index contributed by atoms with van der Waals surface area (Å²) in [6.45, 7) is 0. The Kier molecular flexibility index (Phi) is 3.98. The molecule has 2 atom stereocenters. The molecule has 21 heavy (non-hydrogen) atoms. The van der Waals surface area contributed by atoms with Crippen LogP contribution in [0.1, 0.15) is 32.1 Å².